The molecule has 2 rings (SSSR count). The maximum atomic E-state index is 10.6. The van der Waals surface area contributed by atoms with Crippen LogP contribution in [0.5, 0.6) is 0 Å². The van der Waals surface area contributed by atoms with E-state index in [0.29, 0.717) is 12.0 Å². The summed E-state index contributed by atoms with van der Waals surface area (Å²) >= 11 is 0. The van der Waals surface area contributed by atoms with E-state index in [9.17, 15) is 14.9 Å². The number of hydrogen-bond donors (Lipinski definition) is 0. The van der Waals surface area contributed by atoms with Crippen molar-refractivity contribution in [1.82, 2.24) is 4.98 Å². The summed E-state index contributed by atoms with van der Waals surface area (Å²) in [7, 11) is 0. The zero-order valence-corrected chi connectivity index (χ0v) is 8.74. The fraction of sp³-hybridized carbons (Fsp3) is 0. The Morgan fingerprint density at radius 1 is 1.12 bits per heavy atom. The van der Waals surface area contributed by atoms with Crippen LogP contribution in [-0.2, 0) is 0 Å². The second kappa shape index (κ2) is 4.52. The monoisotopic (exact) mass is 228 g/mol. The van der Waals surface area contributed by atoms with E-state index in [0.717, 1.165) is 11.1 Å². The van der Waals surface area contributed by atoms with Crippen molar-refractivity contribution in [3.63, 3.8) is 0 Å². The van der Waals surface area contributed by atoms with Gasteiger partial charge in [-0.3, -0.25) is 19.9 Å². The van der Waals surface area contributed by atoms with Gasteiger partial charge in [0, 0.05) is 18.3 Å². The van der Waals surface area contributed by atoms with Crippen molar-refractivity contribution >= 4 is 12.0 Å². The molecule has 0 unspecified atom stereocenters. The summed E-state index contributed by atoms with van der Waals surface area (Å²) in [5.74, 6) is 0. The Bertz CT molecular complexity index is 564. The lowest BCUT2D eigenvalue weighted by molar-refractivity contribution is -0.384. The van der Waals surface area contributed by atoms with Gasteiger partial charge >= 0.3 is 0 Å². The van der Waals surface area contributed by atoms with Gasteiger partial charge in [0.05, 0.1) is 4.92 Å². The largest absolute Gasteiger partial charge is 0.296 e. The number of nitrogens with zero attached hydrogens (tertiary/aromatic N) is 2. The van der Waals surface area contributed by atoms with Crippen molar-refractivity contribution in [3.05, 3.63) is 58.4 Å². The van der Waals surface area contributed by atoms with Gasteiger partial charge in [-0.2, -0.15) is 0 Å². The van der Waals surface area contributed by atoms with E-state index in [1.54, 1.807) is 24.3 Å². The predicted molar refractivity (Wildman–Crippen MR) is 61.7 cm³/mol. The lowest BCUT2D eigenvalue weighted by Crippen LogP contribution is -1.89. The van der Waals surface area contributed by atoms with Crippen LogP contribution < -0.4 is 0 Å². The SMILES string of the molecule is O=Cc1cc(-c2ccc([N+](=O)[O-])cc2)ccn1. The zero-order chi connectivity index (χ0) is 12.3. The number of hydrogen-bond acceptors (Lipinski definition) is 4. The van der Waals surface area contributed by atoms with Gasteiger partial charge in [0.25, 0.3) is 5.69 Å². The van der Waals surface area contributed by atoms with Gasteiger partial charge in [0.2, 0.25) is 0 Å². The summed E-state index contributed by atoms with van der Waals surface area (Å²) < 4.78 is 0. The van der Waals surface area contributed by atoms with Gasteiger partial charge in [0.15, 0.2) is 6.29 Å². The average Bonchev–Trinajstić information content (AvgIpc) is 2.39. The van der Waals surface area contributed by atoms with Crippen LogP contribution in [0.2, 0.25) is 0 Å². The smallest absolute Gasteiger partial charge is 0.269 e. The lowest BCUT2D eigenvalue weighted by atomic mass is 10.1. The fourth-order valence-corrected chi connectivity index (χ4v) is 1.47. The molecule has 0 saturated carbocycles. The average molecular weight is 228 g/mol. The number of nitro groups is 1. The highest BCUT2D eigenvalue weighted by atomic mass is 16.6. The van der Waals surface area contributed by atoms with Crippen molar-refractivity contribution < 1.29 is 9.72 Å². The molecule has 0 bridgehead atoms. The van der Waals surface area contributed by atoms with Crippen molar-refractivity contribution in [2.24, 2.45) is 0 Å². The molecule has 0 saturated heterocycles. The second-order valence-corrected chi connectivity index (χ2v) is 3.39. The zero-order valence-electron chi connectivity index (χ0n) is 8.74. The van der Waals surface area contributed by atoms with Crippen LogP contribution in [0.15, 0.2) is 42.6 Å². The summed E-state index contributed by atoms with van der Waals surface area (Å²) in [6.07, 6.45) is 2.19. The number of carbonyl (C=O) groups is 1. The number of aldehydes is 1. The van der Waals surface area contributed by atoms with Crippen molar-refractivity contribution in [1.29, 1.82) is 0 Å². The molecule has 0 amide bonds. The topological polar surface area (TPSA) is 73.1 Å². The van der Waals surface area contributed by atoms with Gasteiger partial charge in [-0.1, -0.05) is 0 Å². The summed E-state index contributed by atoms with van der Waals surface area (Å²) in [5.41, 5.74) is 1.98. The quantitative estimate of drug-likeness (QED) is 0.459. The molecule has 0 spiro atoms. The highest BCUT2D eigenvalue weighted by Crippen LogP contribution is 2.22. The van der Waals surface area contributed by atoms with Gasteiger partial charge in [0.1, 0.15) is 5.69 Å². The van der Waals surface area contributed by atoms with E-state index in [1.165, 1.54) is 18.3 Å². The number of pyridine rings is 1. The predicted octanol–water partition coefficient (Wildman–Crippen LogP) is 2.47. The standard InChI is InChI=1S/C12H8N2O3/c15-8-11-7-10(5-6-13-11)9-1-3-12(4-2-9)14(16)17/h1-8H. The van der Waals surface area contributed by atoms with E-state index < -0.39 is 4.92 Å². The first-order valence-corrected chi connectivity index (χ1v) is 4.87. The maximum absolute atomic E-state index is 10.6. The molecule has 1 aromatic heterocycles. The van der Waals surface area contributed by atoms with Crippen LogP contribution in [0, 0.1) is 10.1 Å². The third-order valence-corrected chi connectivity index (χ3v) is 2.31. The Morgan fingerprint density at radius 3 is 2.41 bits per heavy atom. The molecule has 2 aromatic rings. The Morgan fingerprint density at radius 2 is 1.82 bits per heavy atom. The molecule has 5 heteroatoms. The Hall–Kier alpha value is -2.56. The molecule has 0 aliphatic carbocycles. The number of aromatic nitrogens is 1. The van der Waals surface area contributed by atoms with E-state index >= 15 is 0 Å². The molecule has 0 atom stereocenters. The summed E-state index contributed by atoms with van der Waals surface area (Å²) in [6, 6.07) is 9.51. The third-order valence-electron chi connectivity index (χ3n) is 2.31. The lowest BCUT2D eigenvalue weighted by Gasteiger charge is -2.01. The van der Waals surface area contributed by atoms with Crippen LogP contribution in [0.25, 0.3) is 11.1 Å². The van der Waals surface area contributed by atoms with Gasteiger partial charge < -0.3 is 0 Å². The number of carbonyl (C=O) groups excluding carboxylic acids is 1. The van der Waals surface area contributed by atoms with E-state index in [2.05, 4.69) is 4.98 Å². The molecule has 5 nitrogen and oxygen atoms in total. The Labute approximate surface area is 96.9 Å². The van der Waals surface area contributed by atoms with Crippen LogP contribution in [0.3, 0.4) is 0 Å². The van der Waals surface area contributed by atoms with Gasteiger partial charge in [-0.05, 0) is 35.4 Å². The maximum Gasteiger partial charge on any atom is 0.269 e. The molecule has 84 valence electrons. The fourth-order valence-electron chi connectivity index (χ4n) is 1.47. The van der Waals surface area contributed by atoms with Crippen LogP contribution in [0.4, 0.5) is 5.69 Å². The summed E-state index contributed by atoms with van der Waals surface area (Å²) in [6.45, 7) is 0. The summed E-state index contributed by atoms with van der Waals surface area (Å²) in [5, 5.41) is 10.5. The normalized spacial score (nSPS) is 9.88. The minimum atomic E-state index is -0.451. The highest BCUT2D eigenvalue weighted by Gasteiger charge is 2.05. The molecule has 0 aliphatic rings. The molecule has 0 fully saturated rings. The Balaban J connectivity index is 2.39. The van der Waals surface area contributed by atoms with Crippen molar-refractivity contribution in [3.8, 4) is 11.1 Å². The summed E-state index contributed by atoms with van der Waals surface area (Å²) in [4.78, 5) is 24.5. The first-order valence-electron chi connectivity index (χ1n) is 4.87. The number of benzene rings is 1. The first kappa shape index (κ1) is 10.9. The molecule has 0 radical (unpaired) electrons. The molecule has 0 aliphatic heterocycles. The molecular formula is C12H8N2O3. The first-order chi connectivity index (χ1) is 8.20. The molecule has 0 N–H and O–H groups in total. The van der Waals surface area contributed by atoms with Crippen LogP contribution >= 0.6 is 0 Å². The third kappa shape index (κ3) is 2.34. The minimum absolute atomic E-state index is 0.0402. The van der Waals surface area contributed by atoms with Gasteiger partial charge in [-0.25, -0.2) is 0 Å². The second-order valence-electron chi connectivity index (χ2n) is 3.39. The number of nitro benzene ring substituents is 1. The van der Waals surface area contributed by atoms with Crippen molar-refractivity contribution in [2.75, 3.05) is 0 Å². The van der Waals surface area contributed by atoms with E-state index in [4.69, 9.17) is 0 Å². The molecule has 1 aromatic carbocycles. The van der Waals surface area contributed by atoms with E-state index in [-0.39, 0.29) is 5.69 Å². The number of non-ortho nitro benzene ring substituents is 1. The van der Waals surface area contributed by atoms with Crippen LogP contribution in [-0.4, -0.2) is 16.2 Å². The van der Waals surface area contributed by atoms with E-state index in [1.807, 2.05) is 0 Å². The minimum Gasteiger partial charge on any atom is -0.296 e. The molecule has 1 heterocycles. The Kier molecular flexibility index (Phi) is 2.91. The van der Waals surface area contributed by atoms with Crippen molar-refractivity contribution in [2.45, 2.75) is 0 Å². The molecular weight excluding hydrogens is 220 g/mol. The number of rotatable bonds is 3. The van der Waals surface area contributed by atoms with Gasteiger partial charge in [-0.15, -0.1) is 0 Å². The van der Waals surface area contributed by atoms with Crippen LogP contribution in [0.1, 0.15) is 10.5 Å². The highest BCUT2D eigenvalue weighted by molar-refractivity contribution is 5.76. The molecule has 17 heavy (non-hydrogen) atoms.